The minimum atomic E-state index is -0.420. The molecule has 0 N–H and O–H groups in total. The number of anilines is 1. The lowest BCUT2D eigenvalue weighted by molar-refractivity contribution is 0.0491. The second-order valence-corrected chi connectivity index (χ2v) is 5.99. The summed E-state index contributed by atoms with van der Waals surface area (Å²) in [5.74, 6) is -0.145. The van der Waals surface area contributed by atoms with Crippen molar-refractivity contribution < 1.29 is 13.9 Å². The van der Waals surface area contributed by atoms with Gasteiger partial charge in [-0.1, -0.05) is 11.3 Å². The van der Waals surface area contributed by atoms with E-state index in [9.17, 15) is 4.79 Å². The highest BCUT2D eigenvalue weighted by atomic mass is 32.1. The second kappa shape index (κ2) is 5.04. The molecule has 0 aliphatic heterocycles. The number of carbonyl (C=O) groups is 1. The number of ether oxygens (including phenoxy) is 1. The van der Waals surface area contributed by atoms with E-state index in [-0.39, 0.29) is 5.76 Å². The third kappa shape index (κ3) is 2.25. The minimum absolute atomic E-state index is 0.275. The van der Waals surface area contributed by atoms with Crippen LogP contribution in [0.3, 0.4) is 0 Å². The Kier molecular flexibility index (Phi) is 3.33. The molecule has 0 aliphatic carbocycles. The van der Waals surface area contributed by atoms with Crippen molar-refractivity contribution in [1.29, 1.82) is 0 Å². The first kappa shape index (κ1) is 13.9. The molecule has 0 amide bonds. The van der Waals surface area contributed by atoms with Gasteiger partial charge >= 0.3 is 5.97 Å². The van der Waals surface area contributed by atoms with E-state index in [4.69, 9.17) is 9.15 Å². The van der Waals surface area contributed by atoms with Gasteiger partial charge in [0.15, 0.2) is 5.13 Å². The zero-order valence-electron chi connectivity index (χ0n) is 12.4. The van der Waals surface area contributed by atoms with Crippen LogP contribution in [0.1, 0.15) is 23.0 Å². The predicted octanol–water partition coefficient (Wildman–Crippen LogP) is 3.59. The maximum Gasteiger partial charge on any atom is 0.374 e. The molecule has 6 heteroatoms. The van der Waals surface area contributed by atoms with Crippen molar-refractivity contribution in [3.05, 3.63) is 23.5 Å². The van der Waals surface area contributed by atoms with Crippen molar-refractivity contribution in [2.75, 3.05) is 25.6 Å². The number of carbonyl (C=O) groups excluding carboxylic acids is 1. The van der Waals surface area contributed by atoms with Crippen LogP contribution in [-0.4, -0.2) is 31.7 Å². The van der Waals surface area contributed by atoms with Crippen molar-refractivity contribution in [3.8, 4) is 0 Å². The Morgan fingerprint density at radius 3 is 2.86 bits per heavy atom. The number of esters is 1. The molecule has 0 unspecified atom stereocenters. The maximum absolute atomic E-state index is 11.9. The molecule has 2 heterocycles. The standard InChI is InChI=1S/C15H16N2O3S/c1-5-19-14(18)13-8(2)9-6-10-12(7-11(9)20-13)21-15(16-10)17(3)4/h6-7H,5H2,1-4H3. The van der Waals surface area contributed by atoms with E-state index >= 15 is 0 Å². The van der Waals surface area contributed by atoms with Crippen molar-refractivity contribution in [2.24, 2.45) is 0 Å². The summed E-state index contributed by atoms with van der Waals surface area (Å²) in [5.41, 5.74) is 2.40. The van der Waals surface area contributed by atoms with Gasteiger partial charge in [-0.15, -0.1) is 0 Å². The fraction of sp³-hybridized carbons (Fsp3) is 0.333. The third-order valence-electron chi connectivity index (χ3n) is 3.28. The van der Waals surface area contributed by atoms with Gasteiger partial charge in [0, 0.05) is 31.1 Å². The molecule has 3 aromatic rings. The summed E-state index contributed by atoms with van der Waals surface area (Å²) in [6.45, 7) is 3.97. The van der Waals surface area contributed by atoms with E-state index in [0.717, 1.165) is 26.3 Å². The van der Waals surface area contributed by atoms with Crippen LogP contribution in [0.5, 0.6) is 0 Å². The highest BCUT2D eigenvalue weighted by Crippen LogP contribution is 2.34. The number of benzene rings is 1. The van der Waals surface area contributed by atoms with Crippen LogP contribution in [-0.2, 0) is 4.74 Å². The Hall–Kier alpha value is -2.08. The van der Waals surface area contributed by atoms with Gasteiger partial charge in [-0.3, -0.25) is 0 Å². The molecule has 0 radical (unpaired) electrons. The monoisotopic (exact) mass is 304 g/mol. The van der Waals surface area contributed by atoms with Crippen LogP contribution < -0.4 is 4.90 Å². The average molecular weight is 304 g/mol. The van der Waals surface area contributed by atoms with Crippen molar-refractivity contribution >= 4 is 43.6 Å². The topological polar surface area (TPSA) is 55.6 Å². The zero-order valence-corrected chi connectivity index (χ0v) is 13.2. The Balaban J connectivity index is 2.17. The summed E-state index contributed by atoms with van der Waals surface area (Å²) in [7, 11) is 3.93. The lowest BCUT2D eigenvalue weighted by atomic mass is 10.1. The van der Waals surface area contributed by atoms with Gasteiger partial charge in [0.25, 0.3) is 0 Å². The molecule has 0 bridgehead atoms. The van der Waals surface area contributed by atoms with E-state index in [1.165, 1.54) is 0 Å². The van der Waals surface area contributed by atoms with Crippen LogP contribution in [0, 0.1) is 6.92 Å². The van der Waals surface area contributed by atoms with Crippen LogP contribution >= 0.6 is 11.3 Å². The van der Waals surface area contributed by atoms with Crippen molar-refractivity contribution in [2.45, 2.75) is 13.8 Å². The summed E-state index contributed by atoms with van der Waals surface area (Å²) < 4.78 is 11.7. The molecule has 2 aromatic heterocycles. The van der Waals surface area contributed by atoms with Crippen LogP contribution in [0.2, 0.25) is 0 Å². The first-order valence-electron chi connectivity index (χ1n) is 6.69. The summed E-state index contributed by atoms with van der Waals surface area (Å²) in [5, 5.41) is 1.85. The number of aromatic nitrogens is 1. The molecule has 0 atom stereocenters. The van der Waals surface area contributed by atoms with Gasteiger partial charge in [0.05, 0.1) is 16.8 Å². The minimum Gasteiger partial charge on any atom is -0.460 e. The van der Waals surface area contributed by atoms with Crippen LogP contribution in [0.25, 0.3) is 21.2 Å². The molecule has 110 valence electrons. The molecule has 0 aliphatic rings. The lowest BCUT2D eigenvalue weighted by Gasteiger charge is -2.04. The molecule has 0 spiro atoms. The lowest BCUT2D eigenvalue weighted by Crippen LogP contribution is -2.07. The number of hydrogen-bond acceptors (Lipinski definition) is 6. The predicted molar refractivity (Wildman–Crippen MR) is 84.4 cm³/mol. The van der Waals surface area contributed by atoms with Crippen LogP contribution in [0.15, 0.2) is 16.5 Å². The Bertz CT molecular complexity index is 832. The molecular formula is C15H16N2O3S. The average Bonchev–Trinajstić information content (AvgIpc) is 2.98. The molecule has 1 aromatic carbocycles. The van der Waals surface area contributed by atoms with Gasteiger partial charge in [0.2, 0.25) is 5.76 Å². The maximum atomic E-state index is 11.9. The van der Waals surface area contributed by atoms with Gasteiger partial charge < -0.3 is 14.1 Å². The number of aryl methyl sites for hydroxylation is 1. The normalized spacial score (nSPS) is 11.2. The number of hydrogen-bond donors (Lipinski definition) is 0. The summed E-state index contributed by atoms with van der Waals surface area (Å²) >= 11 is 1.59. The second-order valence-electron chi connectivity index (χ2n) is 4.98. The molecular weight excluding hydrogens is 288 g/mol. The Morgan fingerprint density at radius 2 is 2.19 bits per heavy atom. The number of rotatable bonds is 3. The van der Waals surface area contributed by atoms with Gasteiger partial charge in [-0.05, 0) is 19.9 Å². The molecule has 5 nitrogen and oxygen atoms in total. The van der Waals surface area contributed by atoms with E-state index in [0.29, 0.717) is 12.2 Å². The summed E-state index contributed by atoms with van der Waals surface area (Å²) in [6, 6.07) is 3.90. The quantitative estimate of drug-likeness (QED) is 0.692. The third-order valence-corrected chi connectivity index (χ3v) is 4.46. The number of furan rings is 1. The van der Waals surface area contributed by atoms with E-state index in [1.807, 2.05) is 38.1 Å². The largest absolute Gasteiger partial charge is 0.460 e. The number of fused-ring (bicyclic) bond motifs is 2. The van der Waals surface area contributed by atoms with Gasteiger partial charge in [0.1, 0.15) is 5.58 Å². The Morgan fingerprint density at radius 1 is 1.43 bits per heavy atom. The van der Waals surface area contributed by atoms with Crippen molar-refractivity contribution in [1.82, 2.24) is 4.98 Å². The molecule has 0 fully saturated rings. The summed E-state index contributed by atoms with van der Waals surface area (Å²) in [6.07, 6.45) is 0. The fourth-order valence-electron chi connectivity index (χ4n) is 2.21. The molecule has 3 rings (SSSR count). The van der Waals surface area contributed by atoms with Crippen molar-refractivity contribution in [3.63, 3.8) is 0 Å². The van der Waals surface area contributed by atoms with E-state index in [2.05, 4.69) is 4.98 Å². The SMILES string of the molecule is CCOC(=O)c1oc2cc3sc(N(C)C)nc3cc2c1C. The number of thiazole rings is 1. The van der Waals surface area contributed by atoms with E-state index < -0.39 is 5.97 Å². The first-order chi connectivity index (χ1) is 10.0. The molecule has 21 heavy (non-hydrogen) atoms. The summed E-state index contributed by atoms with van der Waals surface area (Å²) in [4.78, 5) is 18.4. The zero-order chi connectivity index (χ0) is 15.1. The van der Waals surface area contributed by atoms with Gasteiger partial charge in [-0.2, -0.15) is 0 Å². The fourth-order valence-corrected chi connectivity index (χ4v) is 3.11. The van der Waals surface area contributed by atoms with Gasteiger partial charge in [-0.25, -0.2) is 9.78 Å². The molecule has 0 saturated heterocycles. The highest BCUT2D eigenvalue weighted by molar-refractivity contribution is 7.22. The smallest absolute Gasteiger partial charge is 0.374 e. The Labute approximate surface area is 126 Å². The highest BCUT2D eigenvalue weighted by Gasteiger charge is 2.20. The molecule has 0 saturated carbocycles. The van der Waals surface area contributed by atoms with E-state index in [1.54, 1.807) is 18.3 Å². The number of nitrogens with zero attached hydrogens (tertiary/aromatic N) is 2. The van der Waals surface area contributed by atoms with Crippen LogP contribution in [0.4, 0.5) is 5.13 Å². The first-order valence-corrected chi connectivity index (χ1v) is 7.51.